The van der Waals surface area contributed by atoms with Crippen LogP contribution in [0.3, 0.4) is 0 Å². The number of nitrogens with zero attached hydrogens (tertiary/aromatic N) is 1. The summed E-state index contributed by atoms with van der Waals surface area (Å²) in [5.41, 5.74) is 2.83. The lowest BCUT2D eigenvalue weighted by atomic mass is 10.1. The van der Waals surface area contributed by atoms with Gasteiger partial charge in [-0.3, -0.25) is 0 Å². The number of hydrogen-bond acceptors (Lipinski definition) is 1. The third-order valence-corrected chi connectivity index (χ3v) is 3.11. The Bertz CT molecular complexity index is 513. The minimum atomic E-state index is -0.247. The lowest BCUT2D eigenvalue weighted by molar-refractivity contribution is 0.625. The molecule has 0 aliphatic carbocycles. The second-order valence-corrected chi connectivity index (χ2v) is 4.56. The normalized spacial score (nSPS) is 10.4. The molecule has 2 aromatic rings. The molecule has 0 aromatic heterocycles. The highest BCUT2D eigenvalue weighted by Crippen LogP contribution is 2.20. The molecule has 0 heterocycles. The molecule has 0 unspecified atom stereocenters. The smallest absolute Gasteiger partial charge is 0.125 e. The predicted octanol–water partition coefficient (Wildman–Crippen LogP) is 4.20. The Balaban J connectivity index is 2.18. The Morgan fingerprint density at radius 3 is 2.44 bits per heavy atom. The first kappa shape index (κ1) is 12.9. The van der Waals surface area contributed by atoms with Gasteiger partial charge in [0.25, 0.3) is 0 Å². The largest absolute Gasteiger partial charge is 0.370 e. The van der Waals surface area contributed by atoms with Gasteiger partial charge in [0.05, 0.1) is 0 Å². The third-order valence-electron chi connectivity index (χ3n) is 2.80. The zero-order valence-electron chi connectivity index (χ0n) is 10.2. The molecule has 0 N–H and O–H groups in total. The van der Waals surface area contributed by atoms with Gasteiger partial charge in [0, 0.05) is 25.2 Å². The molecule has 2 rings (SSSR count). The average Bonchev–Trinajstić information content (AvgIpc) is 2.39. The van der Waals surface area contributed by atoms with Gasteiger partial charge in [0.2, 0.25) is 0 Å². The highest BCUT2D eigenvalue weighted by Gasteiger charge is 2.05. The summed E-state index contributed by atoms with van der Waals surface area (Å²) in [5.74, 6) is 0.0762. The molecule has 0 bridgehead atoms. The molecule has 0 saturated carbocycles. The first-order valence-corrected chi connectivity index (χ1v) is 6.33. The van der Waals surface area contributed by atoms with E-state index in [1.54, 1.807) is 0 Å². The van der Waals surface area contributed by atoms with Crippen molar-refractivity contribution in [1.29, 1.82) is 0 Å². The van der Waals surface area contributed by atoms with Gasteiger partial charge in [-0.1, -0.05) is 30.3 Å². The van der Waals surface area contributed by atoms with E-state index in [0.29, 0.717) is 5.88 Å². The first-order chi connectivity index (χ1) is 8.69. The number of rotatable bonds is 4. The molecule has 0 saturated heterocycles. The Morgan fingerprint density at radius 1 is 1.06 bits per heavy atom. The van der Waals surface area contributed by atoms with Crippen molar-refractivity contribution in [2.24, 2.45) is 0 Å². The zero-order chi connectivity index (χ0) is 13.0. The quantitative estimate of drug-likeness (QED) is 0.748. The lowest BCUT2D eigenvalue weighted by Gasteiger charge is -2.20. The van der Waals surface area contributed by atoms with Crippen LogP contribution in [0.2, 0.25) is 0 Å². The standard InChI is InChI=1S/C15H15ClFN/c1-18(11-12-5-3-2-4-6-12)15-8-13(10-16)7-14(17)9-15/h2-9H,10-11H2,1H3. The van der Waals surface area contributed by atoms with Crippen LogP contribution >= 0.6 is 11.6 Å². The molecule has 2 aromatic carbocycles. The molecule has 0 atom stereocenters. The van der Waals surface area contributed by atoms with E-state index in [4.69, 9.17) is 11.6 Å². The van der Waals surface area contributed by atoms with Gasteiger partial charge < -0.3 is 4.90 Å². The van der Waals surface area contributed by atoms with Crippen molar-refractivity contribution >= 4 is 17.3 Å². The van der Waals surface area contributed by atoms with Crippen LogP contribution in [0.4, 0.5) is 10.1 Å². The first-order valence-electron chi connectivity index (χ1n) is 5.79. The zero-order valence-corrected chi connectivity index (χ0v) is 11.0. The number of benzene rings is 2. The van der Waals surface area contributed by atoms with Crippen molar-refractivity contribution in [1.82, 2.24) is 0 Å². The summed E-state index contributed by atoms with van der Waals surface area (Å²) in [6, 6.07) is 15.0. The Kier molecular flexibility index (Phi) is 4.21. The number of alkyl halides is 1. The van der Waals surface area contributed by atoms with Crippen molar-refractivity contribution in [3.05, 3.63) is 65.5 Å². The molecule has 0 aliphatic rings. The van der Waals surface area contributed by atoms with E-state index in [1.165, 1.54) is 17.7 Å². The molecule has 0 fully saturated rings. The highest BCUT2D eigenvalue weighted by molar-refractivity contribution is 6.17. The fourth-order valence-electron chi connectivity index (χ4n) is 1.88. The summed E-state index contributed by atoms with van der Waals surface area (Å²) in [4.78, 5) is 2.01. The van der Waals surface area contributed by atoms with E-state index in [0.717, 1.165) is 17.8 Å². The van der Waals surface area contributed by atoms with Crippen LogP contribution in [0.25, 0.3) is 0 Å². The van der Waals surface area contributed by atoms with Crippen LogP contribution in [0.1, 0.15) is 11.1 Å². The van der Waals surface area contributed by atoms with E-state index in [2.05, 4.69) is 12.1 Å². The molecule has 0 radical (unpaired) electrons. The van der Waals surface area contributed by atoms with Gasteiger partial charge in [0.1, 0.15) is 5.82 Å². The monoisotopic (exact) mass is 263 g/mol. The number of anilines is 1. The maximum absolute atomic E-state index is 13.4. The van der Waals surface area contributed by atoms with Crippen molar-refractivity contribution in [2.75, 3.05) is 11.9 Å². The number of halogens is 2. The molecule has 3 heteroatoms. The van der Waals surface area contributed by atoms with Crippen LogP contribution in [-0.2, 0) is 12.4 Å². The van der Waals surface area contributed by atoms with E-state index in [1.807, 2.05) is 36.2 Å². The molecule has 18 heavy (non-hydrogen) atoms. The van der Waals surface area contributed by atoms with Crippen LogP contribution in [-0.4, -0.2) is 7.05 Å². The van der Waals surface area contributed by atoms with E-state index >= 15 is 0 Å². The summed E-state index contributed by atoms with van der Waals surface area (Å²) < 4.78 is 13.4. The topological polar surface area (TPSA) is 3.24 Å². The summed E-state index contributed by atoms with van der Waals surface area (Å²) in [7, 11) is 1.94. The maximum Gasteiger partial charge on any atom is 0.125 e. The fourth-order valence-corrected chi connectivity index (χ4v) is 2.03. The van der Waals surface area contributed by atoms with Crippen LogP contribution in [0.15, 0.2) is 48.5 Å². The molecular weight excluding hydrogens is 249 g/mol. The molecule has 0 amide bonds. The van der Waals surface area contributed by atoms with E-state index in [-0.39, 0.29) is 5.82 Å². The average molecular weight is 264 g/mol. The van der Waals surface area contributed by atoms with Gasteiger partial charge >= 0.3 is 0 Å². The van der Waals surface area contributed by atoms with E-state index < -0.39 is 0 Å². The SMILES string of the molecule is CN(Cc1ccccc1)c1cc(F)cc(CCl)c1. The van der Waals surface area contributed by atoms with Crippen LogP contribution in [0.5, 0.6) is 0 Å². The minimum Gasteiger partial charge on any atom is -0.370 e. The Morgan fingerprint density at radius 2 is 1.78 bits per heavy atom. The van der Waals surface area contributed by atoms with Crippen molar-refractivity contribution < 1.29 is 4.39 Å². The van der Waals surface area contributed by atoms with Crippen LogP contribution in [0, 0.1) is 5.82 Å². The summed E-state index contributed by atoms with van der Waals surface area (Å²) >= 11 is 5.75. The number of hydrogen-bond donors (Lipinski definition) is 0. The fraction of sp³-hybridized carbons (Fsp3) is 0.200. The van der Waals surface area contributed by atoms with Crippen LogP contribution < -0.4 is 4.90 Å². The predicted molar refractivity (Wildman–Crippen MR) is 74.5 cm³/mol. The lowest BCUT2D eigenvalue weighted by Crippen LogP contribution is -2.16. The second kappa shape index (κ2) is 5.87. The van der Waals surface area contributed by atoms with Gasteiger partial charge in [-0.15, -0.1) is 11.6 Å². The van der Waals surface area contributed by atoms with Crippen molar-refractivity contribution in [2.45, 2.75) is 12.4 Å². The summed E-state index contributed by atoms with van der Waals surface area (Å²) in [5, 5.41) is 0. The molecule has 1 nitrogen and oxygen atoms in total. The third kappa shape index (κ3) is 3.23. The van der Waals surface area contributed by atoms with Crippen molar-refractivity contribution in [3.8, 4) is 0 Å². The second-order valence-electron chi connectivity index (χ2n) is 4.29. The van der Waals surface area contributed by atoms with Crippen molar-refractivity contribution in [3.63, 3.8) is 0 Å². The Labute approximate surface area is 112 Å². The summed E-state index contributed by atoms with van der Waals surface area (Å²) in [6.45, 7) is 0.742. The highest BCUT2D eigenvalue weighted by atomic mass is 35.5. The minimum absolute atomic E-state index is 0.247. The van der Waals surface area contributed by atoms with E-state index in [9.17, 15) is 4.39 Å². The molecule has 94 valence electrons. The van der Waals surface area contributed by atoms with Gasteiger partial charge in [-0.25, -0.2) is 4.39 Å². The summed E-state index contributed by atoms with van der Waals surface area (Å²) in [6.07, 6.45) is 0. The van der Waals surface area contributed by atoms with Gasteiger partial charge in [-0.2, -0.15) is 0 Å². The van der Waals surface area contributed by atoms with Gasteiger partial charge in [0.15, 0.2) is 0 Å². The van der Waals surface area contributed by atoms with Gasteiger partial charge in [-0.05, 0) is 29.3 Å². The molecule has 0 aliphatic heterocycles. The molecular formula is C15H15ClFN. The molecule has 0 spiro atoms. The maximum atomic E-state index is 13.4. The Hall–Kier alpha value is -1.54.